The van der Waals surface area contributed by atoms with Crippen LogP contribution >= 0.6 is 0 Å². The van der Waals surface area contributed by atoms with Gasteiger partial charge in [0.2, 0.25) is 5.91 Å². The Labute approximate surface area is 584 Å². The molecule has 1 aliphatic heterocycles. The van der Waals surface area contributed by atoms with Crippen molar-refractivity contribution in [3.63, 3.8) is 0 Å². The molecule has 3 atom stereocenters. The standard InChI is InChI=1S/C18H38O8.C16H32N2O3.C9H21NO3.C9H21NO2.C8H19NO.C6H15NO2.4CH4/c1-22-9-5-13-26-17-18(14-23-10-2-6-19,15-24-11-3-7-20)16-25-12-4-8-21;1-17-10-6-4-5-7-15(19)18-11-8-16(9-12-18,13-20-2)14-21-3;1-10-5-4-6-13-8-9(12-3)7-11-2;1-10-6-4-3-5-9(7-11)8-12-2;1-9-7-5-3-4-6-8-10-2;1-7-4-6(9-3)5-8-2;;;;/h19-21H,2-17H2,1H3;17H,4-14H2,1-3H3;9-10H,4-8H2,1-3H3;9-11H,3-8H2,1-2H3;9H,3-8H2,1-2H3;6-7H,4-5H2,1-3H3;4*1H4. The third-order valence-electron chi connectivity index (χ3n) is 14.3. The summed E-state index contributed by atoms with van der Waals surface area (Å²) in [5.41, 5.74) is -0.388. The van der Waals surface area contributed by atoms with Crippen molar-refractivity contribution in [1.82, 2.24) is 31.5 Å². The van der Waals surface area contributed by atoms with Crippen molar-refractivity contribution < 1.29 is 91.5 Å². The minimum absolute atomic E-state index is 0. The molecule has 1 heterocycles. The molecule has 9 N–H and O–H groups in total. The highest BCUT2D eigenvalue weighted by Crippen LogP contribution is 2.32. The molecule has 0 saturated carbocycles. The number of carbonyl (C=O) groups excluding carboxylic acids is 1. The Morgan fingerprint density at radius 2 is 0.821 bits per heavy atom. The summed E-state index contributed by atoms with van der Waals surface area (Å²) in [4.78, 5) is 14.2. The van der Waals surface area contributed by atoms with Gasteiger partial charge in [-0.05, 0) is 145 Å². The van der Waals surface area contributed by atoms with Gasteiger partial charge in [0, 0.05) is 174 Å². The number of rotatable bonds is 60. The first-order valence-corrected chi connectivity index (χ1v) is 33.7. The van der Waals surface area contributed by atoms with Gasteiger partial charge in [0.05, 0.1) is 77.6 Å². The van der Waals surface area contributed by atoms with E-state index in [2.05, 4.69) is 26.6 Å². The maximum Gasteiger partial charge on any atom is 0.222 e. The zero-order valence-electron chi connectivity index (χ0n) is 60.6. The average molecular weight is 1390 g/mol. The first kappa shape index (κ1) is 112. The van der Waals surface area contributed by atoms with Gasteiger partial charge in [0.1, 0.15) is 6.10 Å². The van der Waals surface area contributed by atoms with Crippen LogP contribution < -0.4 is 26.6 Å². The Kier molecular flexibility index (Phi) is 112. The van der Waals surface area contributed by atoms with Crippen LogP contribution in [0.5, 0.6) is 0 Å². The molecule has 586 valence electrons. The molecular formula is C70H162N6O19. The SMILES string of the molecule is C.C.C.C.CNCC(COC)OC.CNCCCCC(CO)COC.CNCCCCCC(=O)N1CCC(COC)(COC)CC1.CNCCCCCCOC.CNCCCOCC(COC)OC.COCCCOCC(COCCCO)(COCCCO)COCCCO. The molecule has 0 aromatic heterocycles. The predicted octanol–water partition coefficient (Wildman–Crippen LogP) is 6.62. The average Bonchev–Trinajstić information content (AvgIpc) is 0.911. The molecule has 3 unspecified atom stereocenters. The third-order valence-corrected chi connectivity index (χ3v) is 14.3. The van der Waals surface area contributed by atoms with E-state index in [1.165, 1.54) is 32.1 Å². The first-order valence-electron chi connectivity index (χ1n) is 33.7. The summed E-state index contributed by atoms with van der Waals surface area (Å²) in [6.07, 6.45) is 18.2. The van der Waals surface area contributed by atoms with Gasteiger partial charge in [-0.2, -0.15) is 0 Å². The van der Waals surface area contributed by atoms with Crippen LogP contribution in [-0.4, -0.2) is 327 Å². The number of aliphatic hydroxyl groups excluding tert-OH is 4. The first-order chi connectivity index (χ1) is 44.4. The molecule has 1 fully saturated rings. The fourth-order valence-electron chi connectivity index (χ4n) is 8.96. The Morgan fingerprint density at radius 1 is 0.421 bits per heavy atom. The number of likely N-dealkylation sites (N-methyl/N-ethyl adjacent to an activating group) is 1. The van der Waals surface area contributed by atoms with Crippen molar-refractivity contribution in [2.45, 2.75) is 157 Å². The number of aliphatic hydroxyl groups is 4. The van der Waals surface area contributed by atoms with Gasteiger partial charge in [-0.1, -0.05) is 55.4 Å². The van der Waals surface area contributed by atoms with E-state index < -0.39 is 5.41 Å². The lowest BCUT2D eigenvalue weighted by molar-refractivity contribution is -0.135. The molecule has 25 heteroatoms. The molecule has 0 aromatic carbocycles. The smallest absolute Gasteiger partial charge is 0.222 e. The highest BCUT2D eigenvalue weighted by Gasteiger charge is 2.36. The number of carbonyl (C=O) groups is 1. The van der Waals surface area contributed by atoms with Crippen molar-refractivity contribution >= 4 is 5.91 Å². The van der Waals surface area contributed by atoms with Crippen molar-refractivity contribution in [3.05, 3.63) is 0 Å². The summed E-state index contributed by atoms with van der Waals surface area (Å²) in [6.45, 7) is 17.0. The molecule has 1 saturated heterocycles. The number of hydrogen-bond donors (Lipinski definition) is 9. The van der Waals surface area contributed by atoms with E-state index in [1.54, 1.807) is 64.0 Å². The lowest BCUT2D eigenvalue weighted by atomic mass is 9.79. The summed E-state index contributed by atoms with van der Waals surface area (Å²) >= 11 is 0. The van der Waals surface area contributed by atoms with Crippen LogP contribution in [0.4, 0.5) is 0 Å². The van der Waals surface area contributed by atoms with Crippen LogP contribution in [0.15, 0.2) is 0 Å². The maximum atomic E-state index is 12.2. The molecule has 1 aliphatic rings. The van der Waals surface area contributed by atoms with Crippen LogP contribution in [0, 0.1) is 16.7 Å². The third kappa shape index (κ3) is 81.4. The Bertz CT molecular complexity index is 1280. The predicted molar refractivity (Wildman–Crippen MR) is 392 cm³/mol. The zero-order chi connectivity index (χ0) is 68.8. The lowest BCUT2D eigenvalue weighted by Crippen LogP contribution is -2.46. The van der Waals surface area contributed by atoms with Crippen LogP contribution in [0.1, 0.15) is 145 Å². The number of nitrogens with zero attached hydrogens (tertiary/aromatic N) is 1. The molecule has 0 aromatic rings. The summed E-state index contributed by atoms with van der Waals surface area (Å²) in [5.74, 6) is 0.634. The molecule has 0 aliphatic carbocycles. The van der Waals surface area contributed by atoms with Crippen molar-refractivity contribution in [1.29, 1.82) is 0 Å². The summed E-state index contributed by atoms with van der Waals surface area (Å²) < 4.78 is 74.0. The van der Waals surface area contributed by atoms with Crippen molar-refractivity contribution in [2.24, 2.45) is 16.7 Å². The lowest BCUT2D eigenvalue weighted by Gasteiger charge is -2.41. The minimum atomic E-state index is -0.479. The second kappa shape index (κ2) is 94.6. The molecule has 1 amide bonds. The fraction of sp³-hybridized carbons (Fsp3) is 0.986. The topological polar surface area (TPSA) is 291 Å². The Morgan fingerprint density at radius 3 is 1.22 bits per heavy atom. The Balaban J connectivity index is -0.000000138. The maximum absolute atomic E-state index is 12.2. The second-order valence-corrected chi connectivity index (χ2v) is 22.8. The normalized spacial score (nSPS) is 13.1. The van der Waals surface area contributed by atoms with Gasteiger partial charge in [0.15, 0.2) is 0 Å². The molecule has 0 spiro atoms. The molecule has 25 nitrogen and oxygen atoms in total. The van der Waals surface area contributed by atoms with E-state index in [1.807, 2.05) is 40.1 Å². The molecule has 0 bridgehead atoms. The minimum Gasteiger partial charge on any atom is -0.396 e. The Hall–Kier alpha value is -1.45. The van der Waals surface area contributed by atoms with Crippen LogP contribution in [0.2, 0.25) is 0 Å². The van der Waals surface area contributed by atoms with Crippen molar-refractivity contribution in [3.8, 4) is 0 Å². The number of ether oxygens (including phenoxy) is 14. The van der Waals surface area contributed by atoms with Gasteiger partial charge in [-0.25, -0.2) is 0 Å². The quantitative estimate of drug-likeness (QED) is 0.0289. The van der Waals surface area contributed by atoms with Gasteiger partial charge < -0.3 is 118 Å². The van der Waals surface area contributed by atoms with Gasteiger partial charge in [0.25, 0.3) is 0 Å². The number of unbranched alkanes of at least 4 members (excludes halogenated alkanes) is 6. The number of methoxy groups -OCH3 is 9. The number of hydrogen-bond acceptors (Lipinski definition) is 24. The summed E-state index contributed by atoms with van der Waals surface area (Å²) in [6, 6.07) is 0. The largest absolute Gasteiger partial charge is 0.396 e. The number of piperidine rings is 1. The van der Waals surface area contributed by atoms with Gasteiger partial charge >= 0.3 is 0 Å². The molecule has 0 radical (unpaired) electrons. The zero-order valence-corrected chi connectivity index (χ0v) is 60.6. The van der Waals surface area contributed by atoms with Crippen LogP contribution in [0.3, 0.4) is 0 Å². The van der Waals surface area contributed by atoms with Crippen LogP contribution in [0.25, 0.3) is 0 Å². The highest BCUT2D eigenvalue weighted by molar-refractivity contribution is 5.76. The van der Waals surface area contributed by atoms with E-state index in [4.69, 9.17) is 86.7 Å². The monoisotopic (exact) mass is 1390 g/mol. The van der Waals surface area contributed by atoms with Crippen molar-refractivity contribution in [2.75, 3.05) is 284 Å². The summed E-state index contributed by atoms with van der Waals surface area (Å²) in [5, 5.41) is 51.1. The van der Waals surface area contributed by atoms with E-state index in [0.717, 1.165) is 117 Å². The van der Waals surface area contributed by atoms with E-state index in [-0.39, 0.29) is 73.8 Å². The van der Waals surface area contributed by atoms with Crippen LogP contribution in [-0.2, 0) is 71.1 Å². The molecule has 95 heavy (non-hydrogen) atoms. The molecular weight excluding hydrogens is 1230 g/mol. The van der Waals surface area contributed by atoms with E-state index in [0.29, 0.717) is 137 Å². The number of amides is 1. The van der Waals surface area contributed by atoms with E-state index >= 15 is 0 Å². The van der Waals surface area contributed by atoms with Gasteiger partial charge in [-0.3, -0.25) is 4.79 Å². The number of likely N-dealkylation sites (tertiary alicyclic amines) is 1. The molecule has 1 rings (SSSR count). The highest BCUT2D eigenvalue weighted by atomic mass is 16.6. The van der Waals surface area contributed by atoms with Gasteiger partial charge in [-0.15, -0.1) is 0 Å². The fourth-order valence-corrected chi connectivity index (χ4v) is 8.96. The van der Waals surface area contributed by atoms with E-state index in [9.17, 15) is 4.79 Å². The second-order valence-electron chi connectivity index (χ2n) is 22.8. The number of nitrogens with one attached hydrogen (secondary N) is 5. The summed E-state index contributed by atoms with van der Waals surface area (Å²) in [7, 11) is 25.0.